The molecule has 0 bridgehead atoms. The Kier molecular flexibility index (Phi) is 8.61. The van der Waals surface area contributed by atoms with Crippen LogP contribution in [-0.2, 0) is 4.79 Å². The van der Waals surface area contributed by atoms with Gasteiger partial charge in [-0.25, -0.2) is 0 Å². The van der Waals surface area contributed by atoms with Gasteiger partial charge < -0.3 is 10.0 Å². The number of phenols is 1. The number of hydrogen-bond acceptors (Lipinski definition) is 3. The molecule has 5 unspecified atom stereocenters. The Hall–Kier alpha value is -2.28. The van der Waals surface area contributed by atoms with Gasteiger partial charge in [0.15, 0.2) is 0 Å². The lowest BCUT2D eigenvalue weighted by molar-refractivity contribution is -0.130. The summed E-state index contributed by atoms with van der Waals surface area (Å²) in [5.41, 5.74) is 0.131. The number of aromatic hydroxyl groups is 1. The first-order valence-corrected chi connectivity index (χ1v) is 14.4. The Morgan fingerprint density at radius 2 is 1.90 bits per heavy atom. The van der Waals surface area contributed by atoms with Crippen LogP contribution < -0.4 is 0 Å². The summed E-state index contributed by atoms with van der Waals surface area (Å²) in [4.78, 5) is 21.1. The van der Waals surface area contributed by atoms with Crippen LogP contribution >= 0.6 is 11.6 Å². The molecule has 4 rings (SSSR count). The van der Waals surface area contributed by atoms with Crippen molar-refractivity contribution in [3.63, 3.8) is 0 Å². The van der Waals surface area contributed by atoms with Crippen molar-refractivity contribution in [3.8, 4) is 5.75 Å². The number of carbonyl (C=O) groups is 1. The van der Waals surface area contributed by atoms with Gasteiger partial charge >= 0.3 is 6.18 Å². The molecule has 1 aromatic rings. The lowest BCUT2D eigenvalue weighted by Gasteiger charge is -2.44. The molecule has 1 fully saturated rings. The van der Waals surface area contributed by atoms with Crippen LogP contribution in [0.2, 0.25) is 5.02 Å². The van der Waals surface area contributed by atoms with Crippen molar-refractivity contribution in [1.29, 1.82) is 0 Å². The predicted molar refractivity (Wildman–Crippen MR) is 150 cm³/mol. The van der Waals surface area contributed by atoms with E-state index in [2.05, 4.69) is 34.6 Å². The van der Waals surface area contributed by atoms with Gasteiger partial charge in [-0.3, -0.25) is 9.79 Å². The van der Waals surface area contributed by atoms with Crippen LogP contribution in [0.4, 0.5) is 13.2 Å². The fourth-order valence-electron chi connectivity index (χ4n) is 6.40. The molecular weight excluding hydrogens is 525 g/mol. The molecule has 1 heterocycles. The molecular formula is C31H40ClF3N2O2. The van der Waals surface area contributed by atoms with E-state index in [1.807, 2.05) is 4.90 Å². The van der Waals surface area contributed by atoms with Crippen molar-refractivity contribution < 1.29 is 23.1 Å². The third kappa shape index (κ3) is 6.72. The SMILES string of the molecule is CC1CCC(C2N=C(c3ccc(Cl)c(O)c3)C(=O)N2[C@H](CCC(C)(C)C)C2C=CC(C(F)(F)F)=CC2)C(C)C1. The number of phenolic OH excluding ortho intramolecular Hbond substituents is 1. The Labute approximate surface area is 235 Å². The van der Waals surface area contributed by atoms with Gasteiger partial charge in [-0.05, 0) is 61.5 Å². The van der Waals surface area contributed by atoms with E-state index < -0.39 is 17.9 Å². The highest BCUT2D eigenvalue weighted by Gasteiger charge is 2.47. The van der Waals surface area contributed by atoms with E-state index in [4.69, 9.17) is 16.6 Å². The monoisotopic (exact) mass is 564 g/mol. The largest absolute Gasteiger partial charge is 0.506 e. The van der Waals surface area contributed by atoms with Crippen LogP contribution in [0, 0.1) is 29.1 Å². The summed E-state index contributed by atoms with van der Waals surface area (Å²) in [5.74, 6) is 0.486. The maximum absolute atomic E-state index is 14.2. The zero-order valence-corrected chi connectivity index (χ0v) is 24.2. The third-order valence-corrected chi connectivity index (χ3v) is 8.91. The minimum absolute atomic E-state index is 0.0128. The summed E-state index contributed by atoms with van der Waals surface area (Å²) in [6.45, 7) is 10.9. The van der Waals surface area contributed by atoms with Gasteiger partial charge in [0.2, 0.25) is 0 Å². The first-order valence-electron chi connectivity index (χ1n) is 14.0. The quantitative estimate of drug-likeness (QED) is 0.377. The van der Waals surface area contributed by atoms with Gasteiger partial charge in [0.05, 0.1) is 10.6 Å². The summed E-state index contributed by atoms with van der Waals surface area (Å²) < 4.78 is 40.2. The van der Waals surface area contributed by atoms with Gasteiger partial charge in [0.1, 0.15) is 17.6 Å². The second-order valence-corrected chi connectivity index (χ2v) is 13.3. The van der Waals surface area contributed by atoms with Crippen molar-refractivity contribution in [3.05, 3.63) is 52.6 Å². The number of rotatable bonds is 6. The Balaban J connectivity index is 1.74. The highest BCUT2D eigenvalue weighted by molar-refractivity contribution is 6.46. The predicted octanol–water partition coefficient (Wildman–Crippen LogP) is 8.34. The van der Waals surface area contributed by atoms with Crippen molar-refractivity contribution in [2.45, 2.75) is 91.5 Å². The number of nitrogens with zero attached hydrogens (tertiary/aromatic N) is 2. The van der Waals surface area contributed by atoms with Crippen LogP contribution in [0.5, 0.6) is 5.75 Å². The molecule has 0 radical (unpaired) electrons. The lowest BCUT2D eigenvalue weighted by atomic mass is 9.73. The fraction of sp³-hybridized carbons (Fsp3) is 0.613. The number of alkyl halides is 3. The molecule has 1 saturated carbocycles. The van der Waals surface area contributed by atoms with E-state index in [0.29, 0.717) is 23.8 Å². The third-order valence-electron chi connectivity index (χ3n) is 8.59. The molecule has 1 amide bonds. The number of carbonyl (C=O) groups excluding carboxylic acids is 1. The highest BCUT2D eigenvalue weighted by Crippen LogP contribution is 2.43. The maximum Gasteiger partial charge on any atom is 0.416 e. The molecule has 214 valence electrons. The zero-order chi connectivity index (χ0) is 28.7. The summed E-state index contributed by atoms with van der Waals surface area (Å²) in [7, 11) is 0. The highest BCUT2D eigenvalue weighted by atomic mass is 35.5. The summed E-state index contributed by atoms with van der Waals surface area (Å²) in [5, 5.41) is 10.4. The fourth-order valence-corrected chi connectivity index (χ4v) is 6.52. The van der Waals surface area contributed by atoms with E-state index in [-0.39, 0.29) is 52.1 Å². The Morgan fingerprint density at radius 1 is 1.18 bits per heavy atom. The number of amides is 1. The summed E-state index contributed by atoms with van der Waals surface area (Å²) >= 11 is 6.04. The van der Waals surface area contributed by atoms with Gasteiger partial charge in [-0.15, -0.1) is 0 Å². The number of halogens is 4. The van der Waals surface area contributed by atoms with E-state index >= 15 is 0 Å². The normalized spacial score (nSPS) is 28.9. The van der Waals surface area contributed by atoms with Crippen LogP contribution in [0.3, 0.4) is 0 Å². The molecule has 6 atom stereocenters. The van der Waals surface area contributed by atoms with Crippen LogP contribution in [-0.4, -0.2) is 40.0 Å². The van der Waals surface area contributed by atoms with Gasteiger partial charge in [0, 0.05) is 23.4 Å². The molecule has 0 saturated heterocycles. The average molecular weight is 565 g/mol. The van der Waals surface area contributed by atoms with Gasteiger partial charge in [0.25, 0.3) is 5.91 Å². The summed E-state index contributed by atoms with van der Waals surface area (Å²) in [6.07, 6.45) is 3.97. The number of hydrogen-bond donors (Lipinski definition) is 1. The number of allylic oxidation sites excluding steroid dienone is 3. The van der Waals surface area contributed by atoms with E-state index in [0.717, 1.165) is 31.8 Å². The van der Waals surface area contributed by atoms with Crippen molar-refractivity contribution in [2.75, 3.05) is 0 Å². The molecule has 1 N–H and O–H groups in total. The smallest absolute Gasteiger partial charge is 0.416 e. The minimum atomic E-state index is -4.39. The molecule has 2 aliphatic carbocycles. The first kappa shape index (κ1) is 29.7. The van der Waals surface area contributed by atoms with Gasteiger partial charge in [-0.1, -0.05) is 76.9 Å². The zero-order valence-electron chi connectivity index (χ0n) is 23.4. The molecule has 8 heteroatoms. The maximum atomic E-state index is 14.2. The van der Waals surface area contributed by atoms with Crippen molar-refractivity contribution in [1.82, 2.24) is 4.90 Å². The number of benzene rings is 1. The molecule has 39 heavy (non-hydrogen) atoms. The van der Waals surface area contributed by atoms with Crippen LogP contribution in [0.15, 0.2) is 47.0 Å². The Morgan fingerprint density at radius 3 is 2.46 bits per heavy atom. The van der Waals surface area contributed by atoms with Gasteiger partial charge in [-0.2, -0.15) is 13.2 Å². The Bertz CT molecular complexity index is 1170. The van der Waals surface area contributed by atoms with Crippen molar-refractivity contribution in [2.24, 2.45) is 34.1 Å². The second-order valence-electron chi connectivity index (χ2n) is 12.9. The first-order chi connectivity index (χ1) is 18.2. The molecule has 1 aliphatic heterocycles. The molecule has 0 aromatic heterocycles. The molecule has 1 aromatic carbocycles. The van der Waals surface area contributed by atoms with E-state index in [1.54, 1.807) is 18.2 Å². The minimum Gasteiger partial charge on any atom is -0.506 e. The second kappa shape index (κ2) is 11.3. The standard InChI is InChI=1S/C31H40ClF3N2O2/c1-18-6-12-23(19(2)16-18)28-36-27(21-9-13-24(32)26(38)17-21)29(39)37(28)25(14-15-30(3,4)5)20-7-10-22(11-8-20)31(33,34)35/h7,9-11,13,17-20,23,25,28,38H,6,8,12,14-16H2,1-5H3/t18?,19?,20?,23?,25-,28?/m1/s1. The van der Waals surface area contributed by atoms with Crippen LogP contribution in [0.1, 0.15) is 78.7 Å². The topological polar surface area (TPSA) is 52.9 Å². The van der Waals surface area contributed by atoms with Crippen LogP contribution in [0.25, 0.3) is 0 Å². The number of aliphatic imine (C=N–C) groups is 1. The van der Waals surface area contributed by atoms with Crippen molar-refractivity contribution >= 4 is 23.2 Å². The molecule has 4 nitrogen and oxygen atoms in total. The molecule has 3 aliphatic rings. The molecule has 0 spiro atoms. The van der Waals surface area contributed by atoms with E-state index in [1.165, 1.54) is 12.1 Å². The summed E-state index contributed by atoms with van der Waals surface area (Å²) in [6, 6.07) is 4.40. The van der Waals surface area contributed by atoms with E-state index in [9.17, 15) is 23.1 Å². The average Bonchev–Trinajstić information content (AvgIpc) is 3.17. The lowest BCUT2D eigenvalue weighted by Crippen LogP contribution is -2.51.